The highest BCUT2D eigenvalue weighted by atomic mass is 32.1. The van der Waals surface area contributed by atoms with E-state index in [1.54, 1.807) is 26.1 Å². The second-order valence-corrected chi connectivity index (χ2v) is 4.91. The number of carbonyl (C=O) groups is 1. The monoisotopic (exact) mass is 306 g/mol. The SMILES string of the molecule is CNC(=O)C1=C(C)NC(=S)NC1c1ccc([N+](=O)[O-])cc1. The Kier molecular flexibility index (Phi) is 4.18. The van der Waals surface area contributed by atoms with Crippen molar-refractivity contribution in [2.75, 3.05) is 7.05 Å². The van der Waals surface area contributed by atoms with Crippen LogP contribution in [0.3, 0.4) is 0 Å². The number of nitrogens with zero attached hydrogens (tertiary/aromatic N) is 1. The van der Waals surface area contributed by atoms with E-state index < -0.39 is 11.0 Å². The molecule has 0 aliphatic carbocycles. The van der Waals surface area contributed by atoms with Crippen molar-refractivity contribution in [3.63, 3.8) is 0 Å². The largest absolute Gasteiger partial charge is 0.355 e. The molecule has 7 nitrogen and oxygen atoms in total. The summed E-state index contributed by atoms with van der Waals surface area (Å²) in [5.41, 5.74) is 1.88. The Morgan fingerprint density at radius 1 is 1.38 bits per heavy atom. The maximum absolute atomic E-state index is 12.0. The third-order valence-corrected chi connectivity index (χ3v) is 3.40. The van der Waals surface area contributed by atoms with Crippen LogP contribution in [0, 0.1) is 10.1 Å². The van der Waals surface area contributed by atoms with Gasteiger partial charge in [0.1, 0.15) is 0 Å². The summed E-state index contributed by atoms with van der Waals surface area (Å²) in [7, 11) is 1.54. The molecule has 0 saturated carbocycles. The maximum Gasteiger partial charge on any atom is 0.269 e. The number of amides is 1. The van der Waals surface area contributed by atoms with Gasteiger partial charge >= 0.3 is 0 Å². The van der Waals surface area contributed by atoms with Crippen molar-refractivity contribution >= 4 is 28.9 Å². The van der Waals surface area contributed by atoms with Crippen molar-refractivity contribution in [3.8, 4) is 0 Å². The Bertz CT molecular complexity index is 639. The Balaban J connectivity index is 2.43. The van der Waals surface area contributed by atoms with E-state index in [1.807, 2.05) is 0 Å². The van der Waals surface area contributed by atoms with Crippen LogP contribution in [0.4, 0.5) is 5.69 Å². The highest BCUT2D eigenvalue weighted by Crippen LogP contribution is 2.27. The molecule has 0 radical (unpaired) electrons. The van der Waals surface area contributed by atoms with Crippen LogP contribution >= 0.6 is 12.2 Å². The van der Waals surface area contributed by atoms with Gasteiger partial charge in [-0.15, -0.1) is 0 Å². The second kappa shape index (κ2) is 5.88. The van der Waals surface area contributed by atoms with Gasteiger partial charge in [-0.1, -0.05) is 0 Å². The summed E-state index contributed by atoms with van der Waals surface area (Å²) in [6.45, 7) is 1.76. The number of hydrogen-bond acceptors (Lipinski definition) is 4. The average molecular weight is 306 g/mol. The van der Waals surface area contributed by atoms with E-state index in [0.717, 1.165) is 5.56 Å². The van der Waals surface area contributed by atoms with Crippen molar-refractivity contribution in [2.45, 2.75) is 13.0 Å². The number of thiocarbonyl (C=S) groups is 1. The number of nitro benzene ring substituents is 1. The molecule has 1 atom stereocenters. The lowest BCUT2D eigenvalue weighted by atomic mass is 9.95. The van der Waals surface area contributed by atoms with Crippen LogP contribution in [0.1, 0.15) is 18.5 Å². The molecule has 21 heavy (non-hydrogen) atoms. The molecular formula is C13H14N4O3S. The number of rotatable bonds is 3. The smallest absolute Gasteiger partial charge is 0.269 e. The summed E-state index contributed by atoms with van der Waals surface area (Å²) in [5.74, 6) is -0.238. The third kappa shape index (κ3) is 3.00. The zero-order valence-electron chi connectivity index (χ0n) is 11.5. The van der Waals surface area contributed by atoms with Crippen LogP contribution in [0.5, 0.6) is 0 Å². The lowest BCUT2D eigenvalue weighted by Crippen LogP contribution is -2.46. The molecule has 3 N–H and O–H groups in total. The Labute approximate surface area is 126 Å². The molecule has 0 spiro atoms. The van der Waals surface area contributed by atoms with Gasteiger partial charge < -0.3 is 16.0 Å². The minimum absolute atomic E-state index is 0.00236. The molecule has 0 bridgehead atoms. The lowest BCUT2D eigenvalue weighted by Gasteiger charge is -2.30. The second-order valence-electron chi connectivity index (χ2n) is 4.50. The Hall–Kier alpha value is -2.48. The molecule has 1 aliphatic rings. The first-order valence-electron chi connectivity index (χ1n) is 6.18. The van der Waals surface area contributed by atoms with Gasteiger partial charge in [0.05, 0.1) is 16.5 Å². The number of likely N-dealkylation sites (N-methyl/N-ethyl adjacent to an activating group) is 1. The van der Waals surface area contributed by atoms with E-state index in [-0.39, 0.29) is 11.6 Å². The highest BCUT2D eigenvalue weighted by Gasteiger charge is 2.29. The minimum atomic E-state index is -0.467. The van der Waals surface area contributed by atoms with E-state index in [0.29, 0.717) is 16.4 Å². The summed E-state index contributed by atoms with van der Waals surface area (Å²) in [4.78, 5) is 22.3. The van der Waals surface area contributed by atoms with Gasteiger partial charge in [0.2, 0.25) is 0 Å². The zero-order chi connectivity index (χ0) is 15.6. The number of benzene rings is 1. The van der Waals surface area contributed by atoms with Gasteiger partial charge in [-0.25, -0.2) is 0 Å². The van der Waals surface area contributed by atoms with Gasteiger partial charge in [0, 0.05) is 24.9 Å². The molecule has 1 heterocycles. The topological polar surface area (TPSA) is 96.3 Å². The van der Waals surface area contributed by atoms with Gasteiger partial charge in [-0.2, -0.15) is 0 Å². The van der Waals surface area contributed by atoms with Crippen molar-refractivity contribution in [1.29, 1.82) is 0 Å². The number of nitro groups is 1. The van der Waals surface area contributed by atoms with Gasteiger partial charge in [-0.05, 0) is 36.8 Å². The summed E-state index contributed by atoms with van der Waals surface area (Å²) >= 11 is 5.11. The first-order chi connectivity index (χ1) is 9.93. The highest BCUT2D eigenvalue weighted by molar-refractivity contribution is 7.80. The van der Waals surface area contributed by atoms with Crippen molar-refractivity contribution in [1.82, 2.24) is 16.0 Å². The number of carbonyl (C=O) groups excluding carboxylic acids is 1. The summed E-state index contributed by atoms with van der Waals surface area (Å²) in [6.07, 6.45) is 0. The number of allylic oxidation sites excluding steroid dienone is 1. The first kappa shape index (κ1) is 14.9. The fraction of sp³-hybridized carbons (Fsp3) is 0.231. The normalized spacial score (nSPS) is 17.8. The molecular weight excluding hydrogens is 292 g/mol. The van der Waals surface area contributed by atoms with E-state index in [9.17, 15) is 14.9 Å². The van der Waals surface area contributed by atoms with Crippen molar-refractivity contribution < 1.29 is 9.72 Å². The van der Waals surface area contributed by atoms with Crippen LogP contribution in [-0.4, -0.2) is 23.0 Å². The molecule has 1 aromatic carbocycles. The van der Waals surface area contributed by atoms with Crippen LogP contribution in [0.2, 0.25) is 0 Å². The number of hydrogen-bond donors (Lipinski definition) is 3. The predicted octanol–water partition coefficient (Wildman–Crippen LogP) is 1.13. The molecule has 0 saturated heterocycles. The molecule has 1 aliphatic heterocycles. The van der Waals surface area contributed by atoms with Crippen LogP contribution in [0.15, 0.2) is 35.5 Å². The van der Waals surface area contributed by atoms with Crippen LogP contribution in [-0.2, 0) is 4.79 Å². The van der Waals surface area contributed by atoms with E-state index >= 15 is 0 Å². The Morgan fingerprint density at radius 2 is 2.00 bits per heavy atom. The summed E-state index contributed by atoms with van der Waals surface area (Å²) in [6, 6.07) is 5.58. The quantitative estimate of drug-likeness (QED) is 0.440. The van der Waals surface area contributed by atoms with Crippen molar-refractivity contribution in [2.24, 2.45) is 0 Å². The van der Waals surface area contributed by atoms with Crippen LogP contribution < -0.4 is 16.0 Å². The van der Waals surface area contributed by atoms with E-state index in [1.165, 1.54) is 12.1 Å². The molecule has 0 fully saturated rings. The van der Waals surface area contributed by atoms with Gasteiger partial charge in [0.25, 0.3) is 11.6 Å². The molecule has 8 heteroatoms. The predicted molar refractivity (Wildman–Crippen MR) is 81.5 cm³/mol. The molecule has 2 rings (SSSR count). The number of nitrogens with one attached hydrogen (secondary N) is 3. The lowest BCUT2D eigenvalue weighted by molar-refractivity contribution is -0.384. The number of non-ortho nitro benzene ring substituents is 1. The maximum atomic E-state index is 12.0. The van der Waals surface area contributed by atoms with E-state index in [4.69, 9.17) is 12.2 Å². The summed E-state index contributed by atoms with van der Waals surface area (Å²) in [5, 5.41) is 19.6. The molecule has 0 aromatic heterocycles. The summed E-state index contributed by atoms with van der Waals surface area (Å²) < 4.78 is 0. The van der Waals surface area contributed by atoms with Gasteiger partial charge in [-0.3, -0.25) is 14.9 Å². The fourth-order valence-corrected chi connectivity index (χ4v) is 2.44. The average Bonchev–Trinajstić information content (AvgIpc) is 2.45. The standard InChI is InChI=1S/C13H14N4O3S/c1-7-10(12(18)14-2)11(16-13(21)15-7)8-3-5-9(6-4-8)17(19)20/h3-6,11H,1-2H3,(H,14,18)(H2,15,16,21). The fourth-order valence-electron chi connectivity index (χ4n) is 2.17. The zero-order valence-corrected chi connectivity index (χ0v) is 12.3. The first-order valence-corrected chi connectivity index (χ1v) is 6.59. The molecule has 110 valence electrons. The minimum Gasteiger partial charge on any atom is -0.355 e. The van der Waals surface area contributed by atoms with Gasteiger partial charge in [0.15, 0.2) is 5.11 Å². The third-order valence-electron chi connectivity index (χ3n) is 3.18. The van der Waals surface area contributed by atoms with Crippen molar-refractivity contribution in [3.05, 3.63) is 51.2 Å². The Morgan fingerprint density at radius 3 is 2.52 bits per heavy atom. The van der Waals surface area contributed by atoms with E-state index in [2.05, 4.69) is 16.0 Å². The molecule has 1 unspecified atom stereocenters. The molecule has 1 amide bonds. The van der Waals surface area contributed by atoms with Crippen LogP contribution in [0.25, 0.3) is 0 Å². The molecule has 1 aromatic rings.